The van der Waals surface area contributed by atoms with E-state index in [2.05, 4.69) is 53.3 Å². The van der Waals surface area contributed by atoms with Gasteiger partial charge in [0, 0.05) is 33.3 Å². The Kier molecular flexibility index (Phi) is 7.09. The summed E-state index contributed by atoms with van der Waals surface area (Å²) in [7, 11) is 2.04. The summed E-state index contributed by atoms with van der Waals surface area (Å²) in [5, 5.41) is 12.4. The number of rotatable bonds is 6. The average Bonchev–Trinajstić information content (AvgIpc) is 2.45. The summed E-state index contributed by atoms with van der Waals surface area (Å²) in [6, 6.07) is 8.39. The van der Waals surface area contributed by atoms with Gasteiger partial charge in [-0.05, 0) is 30.9 Å². The molecule has 1 atom stereocenters. The van der Waals surface area contributed by atoms with E-state index in [-0.39, 0.29) is 12.5 Å². The standard InChI is InChI=1S/C16H27N3O/c1-5-17-16(18-10-13(2)12-20)19(4)11-15-9-7-6-8-14(15)3/h6-9,13,20H,5,10-12H2,1-4H3,(H,17,18). The molecule has 0 bridgehead atoms. The van der Waals surface area contributed by atoms with Gasteiger partial charge in [0.2, 0.25) is 0 Å². The molecule has 0 radical (unpaired) electrons. The molecule has 0 heterocycles. The topological polar surface area (TPSA) is 47.9 Å². The van der Waals surface area contributed by atoms with E-state index < -0.39 is 0 Å². The highest BCUT2D eigenvalue weighted by Gasteiger charge is 2.08. The van der Waals surface area contributed by atoms with Crippen LogP contribution < -0.4 is 5.32 Å². The molecule has 0 saturated heterocycles. The Labute approximate surface area is 122 Å². The minimum absolute atomic E-state index is 0.171. The number of aliphatic hydroxyl groups excluding tert-OH is 1. The molecule has 1 unspecified atom stereocenters. The fourth-order valence-electron chi connectivity index (χ4n) is 1.89. The first-order valence-electron chi connectivity index (χ1n) is 7.23. The van der Waals surface area contributed by atoms with Gasteiger partial charge in [-0.2, -0.15) is 0 Å². The van der Waals surface area contributed by atoms with Gasteiger partial charge in [0.1, 0.15) is 0 Å². The van der Waals surface area contributed by atoms with Gasteiger partial charge < -0.3 is 15.3 Å². The Morgan fingerprint density at radius 3 is 2.70 bits per heavy atom. The molecule has 1 rings (SSSR count). The van der Waals surface area contributed by atoms with Crippen molar-refractivity contribution in [3.8, 4) is 0 Å². The summed E-state index contributed by atoms with van der Waals surface area (Å²) in [6.07, 6.45) is 0. The molecule has 20 heavy (non-hydrogen) atoms. The van der Waals surface area contributed by atoms with Gasteiger partial charge in [-0.15, -0.1) is 0 Å². The second kappa shape index (κ2) is 8.59. The highest BCUT2D eigenvalue weighted by atomic mass is 16.3. The van der Waals surface area contributed by atoms with Crippen LogP contribution in [0.1, 0.15) is 25.0 Å². The van der Waals surface area contributed by atoms with E-state index in [1.807, 2.05) is 14.0 Å². The summed E-state index contributed by atoms with van der Waals surface area (Å²) in [5.74, 6) is 1.08. The monoisotopic (exact) mass is 277 g/mol. The molecule has 4 heteroatoms. The average molecular weight is 277 g/mol. The molecule has 0 aliphatic carbocycles. The number of nitrogens with one attached hydrogen (secondary N) is 1. The Morgan fingerprint density at radius 1 is 1.40 bits per heavy atom. The molecule has 1 aromatic carbocycles. The van der Waals surface area contributed by atoms with Crippen molar-refractivity contribution in [3.05, 3.63) is 35.4 Å². The zero-order valence-electron chi connectivity index (χ0n) is 13.1. The number of hydrogen-bond donors (Lipinski definition) is 2. The summed E-state index contributed by atoms with van der Waals surface area (Å²) in [6.45, 7) is 8.65. The molecular formula is C16H27N3O. The predicted molar refractivity (Wildman–Crippen MR) is 84.9 cm³/mol. The summed E-state index contributed by atoms with van der Waals surface area (Å²) in [4.78, 5) is 6.70. The zero-order chi connectivity index (χ0) is 15.0. The fourth-order valence-corrected chi connectivity index (χ4v) is 1.89. The number of benzene rings is 1. The van der Waals surface area contributed by atoms with Crippen LogP contribution in [0.15, 0.2) is 29.3 Å². The highest BCUT2D eigenvalue weighted by Crippen LogP contribution is 2.09. The second-order valence-corrected chi connectivity index (χ2v) is 5.26. The van der Waals surface area contributed by atoms with Crippen LogP contribution in [-0.4, -0.2) is 42.7 Å². The van der Waals surface area contributed by atoms with Gasteiger partial charge in [-0.25, -0.2) is 0 Å². The molecule has 0 amide bonds. The van der Waals surface area contributed by atoms with Crippen LogP contribution in [0.4, 0.5) is 0 Å². The van der Waals surface area contributed by atoms with Crippen molar-refractivity contribution in [3.63, 3.8) is 0 Å². The first kappa shape index (κ1) is 16.5. The van der Waals surface area contributed by atoms with Crippen molar-refractivity contribution in [1.29, 1.82) is 0 Å². The van der Waals surface area contributed by atoms with E-state index >= 15 is 0 Å². The molecule has 0 aliphatic rings. The molecule has 0 saturated carbocycles. The smallest absolute Gasteiger partial charge is 0.193 e. The molecule has 2 N–H and O–H groups in total. The van der Waals surface area contributed by atoms with Crippen molar-refractivity contribution < 1.29 is 5.11 Å². The summed E-state index contributed by atoms with van der Waals surface area (Å²) >= 11 is 0. The van der Waals surface area contributed by atoms with E-state index in [0.717, 1.165) is 19.0 Å². The SMILES string of the molecule is CCNC(=NCC(C)CO)N(C)Cc1ccccc1C. The van der Waals surface area contributed by atoms with Crippen LogP contribution in [0, 0.1) is 12.8 Å². The Morgan fingerprint density at radius 2 is 2.10 bits per heavy atom. The largest absolute Gasteiger partial charge is 0.396 e. The molecule has 4 nitrogen and oxygen atoms in total. The van der Waals surface area contributed by atoms with E-state index in [4.69, 9.17) is 5.11 Å². The van der Waals surface area contributed by atoms with E-state index in [0.29, 0.717) is 6.54 Å². The lowest BCUT2D eigenvalue weighted by molar-refractivity contribution is 0.241. The third-order valence-corrected chi connectivity index (χ3v) is 3.23. The number of nitrogens with zero attached hydrogens (tertiary/aromatic N) is 2. The van der Waals surface area contributed by atoms with Crippen molar-refractivity contribution >= 4 is 5.96 Å². The van der Waals surface area contributed by atoms with Gasteiger partial charge in [0.25, 0.3) is 0 Å². The minimum atomic E-state index is 0.171. The molecule has 0 aromatic heterocycles. The van der Waals surface area contributed by atoms with Gasteiger partial charge in [-0.3, -0.25) is 4.99 Å². The maximum Gasteiger partial charge on any atom is 0.193 e. The third-order valence-electron chi connectivity index (χ3n) is 3.23. The molecule has 1 aromatic rings. The zero-order valence-corrected chi connectivity index (χ0v) is 13.1. The lowest BCUT2D eigenvalue weighted by atomic mass is 10.1. The van der Waals surface area contributed by atoms with Gasteiger partial charge in [0.15, 0.2) is 5.96 Å². The van der Waals surface area contributed by atoms with E-state index in [1.54, 1.807) is 0 Å². The Bertz CT molecular complexity index is 431. The van der Waals surface area contributed by atoms with Crippen LogP contribution in [0.5, 0.6) is 0 Å². The molecule has 0 aliphatic heterocycles. The number of hydrogen-bond acceptors (Lipinski definition) is 2. The number of aryl methyl sites for hydroxylation is 1. The van der Waals surface area contributed by atoms with Crippen LogP contribution in [0.2, 0.25) is 0 Å². The molecule has 112 valence electrons. The van der Waals surface area contributed by atoms with E-state index in [9.17, 15) is 0 Å². The van der Waals surface area contributed by atoms with Crippen LogP contribution >= 0.6 is 0 Å². The number of aliphatic imine (C=N–C) groups is 1. The lowest BCUT2D eigenvalue weighted by Gasteiger charge is -2.23. The quantitative estimate of drug-likeness (QED) is 0.618. The van der Waals surface area contributed by atoms with Gasteiger partial charge in [-0.1, -0.05) is 31.2 Å². The normalized spacial score (nSPS) is 13.2. The van der Waals surface area contributed by atoms with Gasteiger partial charge in [0.05, 0.1) is 0 Å². The first-order valence-corrected chi connectivity index (χ1v) is 7.23. The number of guanidine groups is 1. The van der Waals surface area contributed by atoms with Crippen molar-refractivity contribution in [1.82, 2.24) is 10.2 Å². The first-order chi connectivity index (χ1) is 9.58. The van der Waals surface area contributed by atoms with Crippen LogP contribution in [0.25, 0.3) is 0 Å². The fraction of sp³-hybridized carbons (Fsp3) is 0.562. The summed E-state index contributed by atoms with van der Waals surface area (Å²) < 4.78 is 0. The molecule has 0 spiro atoms. The molecular weight excluding hydrogens is 250 g/mol. The second-order valence-electron chi connectivity index (χ2n) is 5.26. The Hall–Kier alpha value is -1.55. The minimum Gasteiger partial charge on any atom is -0.396 e. The highest BCUT2D eigenvalue weighted by molar-refractivity contribution is 5.79. The maximum atomic E-state index is 9.08. The van der Waals surface area contributed by atoms with Crippen molar-refractivity contribution in [2.24, 2.45) is 10.9 Å². The summed E-state index contributed by atoms with van der Waals surface area (Å²) in [5.41, 5.74) is 2.59. The van der Waals surface area contributed by atoms with Crippen LogP contribution in [-0.2, 0) is 6.54 Å². The number of aliphatic hydroxyl groups is 1. The third kappa shape index (κ3) is 5.21. The van der Waals surface area contributed by atoms with Crippen molar-refractivity contribution in [2.75, 3.05) is 26.7 Å². The lowest BCUT2D eigenvalue weighted by Crippen LogP contribution is -2.39. The van der Waals surface area contributed by atoms with Crippen LogP contribution in [0.3, 0.4) is 0 Å². The Balaban J connectivity index is 2.73. The predicted octanol–water partition coefficient (Wildman–Crippen LogP) is 2.02. The van der Waals surface area contributed by atoms with Crippen molar-refractivity contribution in [2.45, 2.75) is 27.3 Å². The van der Waals surface area contributed by atoms with E-state index in [1.165, 1.54) is 11.1 Å². The maximum absolute atomic E-state index is 9.08. The van der Waals surface area contributed by atoms with Gasteiger partial charge >= 0.3 is 0 Å². The molecule has 0 fully saturated rings.